The highest BCUT2D eigenvalue weighted by atomic mass is 32.2. The SMILES string of the molecule is COC(=O)c1oc(COC(=O)c2ccccc2SCC(=O)Nc2cccc(OC)c2)cc1C. The molecule has 8 nitrogen and oxygen atoms in total. The standard InChI is InChI=1S/C24H23NO7S/c1-15-11-18(32-22(15)24(28)30-3)13-31-23(27)19-9-4-5-10-20(19)33-14-21(26)25-16-7-6-8-17(12-16)29-2/h4-12H,13-14H2,1-3H3,(H,25,26). The molecule has 3 rings (SSSR count). The van der Waals surface area contributed by atoms with Gasteiger partial charge in [-0.05, 0) is 37.3 Å². The molecule has 33 heavy (non-hydrogen) atoms. The third-order valence-electron chi connectivity index (χ3n) is 4.50. The number of amides is 1. The van der Waals surface area contributed by atoms with Crippen LogP contribution in [-0.4, -0.2) is 37.8 Å². The van der Waals surface area contributed by atoms with Crippen LogP contribution < -0.4 is 10.1 Å². The Kier molecular flexibility index (Phi) is 8.15. The van der Waals surface area contributed by atoms with Gasteiger partial charge in [0.25, 0.3) is 0 Å². The van der Waals surface area contributed by atoms with Gasteiger partial charge in [-0.3, -0.25) is 4.79 Å². The quantitative estimate of drug-likeness (QED) is 0.362. The molecule has 1 aromatic heterocycles. The number of furan rings is 1. The van der Waals surface area contributed by atoms with Gasteiger partial charge < -0.3 is 23.9 Å². The van der Waals surface area contributed by atoms with Crippen molar-refractivity contribution in [2.24, 2.45) is 0 Å². The number of hydrogen-bond acceptors (Lipinski definition) is 8. The van der Waals surface area contributed by atoms with Gasteiger partial charge in [0.1, 0.15) is 18.1 Å². The van der Waals surface area contributed by atoms with Gasteiger partial charge in [-0.1, -0.05) is 18.2 Å². The Hall–Kier alpha value is -3.72. The van der Waals surface area contributed by atoms with Crippen molar-refractivity contribution in [2.45, 2.75) is 18.4 Å². The van der Waals surface area contributed by atoms with Crippen molar-refractivity contribution in [1.82, 2.24) is 0 Å². The Labute approximate surface area is 195 Å². The zero-order valence-corrected chi connectivity index (χ0v) is 19.2. The highest BCUT2D eigenvalue weighted by Gasteiger charge is 2.19. The van der Waals surface area contributed by atoms with E-state index in [2.05, 4.69) is 10.1 Å². The normalized spacial score (nSPS) is 10.4. The van der Waals surface area contributed by atoms with E-state index in [1.54, 1.807) is 68.6 Å². The van der Waals surface area contributed by atoms with Gasteiger partial charge >= 0.3 is 11.9 Å². The number of nitrogens with one attached hydrogen (secondary N) is 1. The second-order valence-electron chi connectivity index (χ2n) is 6.86. The van der Waals surface area contributed by atoms with Crippen molar-refractivity contribution < 1.29 is 33.0 Å². The molecule has 0 spiro atoms. The van der Waals surface area contributed by atoms with Crippen LogP contribution in [0.1, 0.15) is 32.2 Å². The highest BCUT2D eigenvalue weighted by molar-refractivity contribution is 8.00. The van der Waals surface area contributed by atoms with E-state index < -0.39 is 11.9 Å². The molecule has 9 heteroatoms. The molecule has 0 bridgehead atoms. The van der Waals surface area contributed by atoms with Crippen LogP contribution in [0.25, 0.3) is 0 Å². The average Bonchev–Trinajstić information content (AvgIpc) is 3.21. The molecule has 1 N–H and O–H groups in total. The van der Waals surface area contributed by atoms with Crippen LogP contribution >= 0.6 is 11.8 Å². The lowest BCUT2D eigenvalue weighted by Crippen LogP contribution is -2.14. The fraction of sp³-hybridized carbons (Fsp3) is 0.208. The van der Waals surface area contributed by atoms with Gasteiger partial charge in [0, 0.05) is 22.2 Å². The van der Waals surface area contributed by atoms with Crippen LogP contribution in [0.2, 0.25) is 0 Å². The number of esters is 2. The molecule has 0 aliphatic carbocycles. The number of carbonyl (C=O) groups is 3. The molecule has 1 heterocycles. The van der Waals surface area contributed by atoms with Crippen LogP contribution in [0.5, 0.6) is 5.75 Å². The van der Waals surface area contributed by atoms with Gasteiger partial charge in [0.15, 0.2) is 0 Å². The predicted molar refractivity (Wildman–Crippen MR) is 123 cm³/mol. The molecule has 2 aromatic carbocycles. The maximum Gasteiger partial charge on any atom is 0.374 e. The minimum atomic E-state index is -0.598. The number of benzene rings is 2. The summed E-state index contributed by atoms with van der Waals surface area (Å²) in [6.07, 6.45) is 0. The van der Waals surface area contributed by atoms with Crippen LogP contribution in [-0.2, 0) is 20.9 Å². The molecule has 0 saturated carbocycles. The number of aryl methyl sites for hydroxylation is 1. The monoisotopic (exact) mass is 469 g/mol. The zero-order valence-electron chi connectivity index (χ0n) is 18.4. The van der Waals surface area contributed by atoms with Crippen molar-refractivity contribution in [3.05, 3.63) is 77.2 Å². The minimum Gasteiger partial charge on any atom is -0.497 e. The molecule has 1 amide bonds. The third kappa shape index (κ3) is 6.39. The molecule has 3 aromatic rings. The molecule has 0 saturated heterocycles. The first-order valence-electron chi connectivity index (χ1n) is 9.91. The summed E-state index contributed by atoms with van der Waals surface area (Å²) < 4.78 is 20.6. The van der Waals surface area contributed by atoms with E-state index in [9.17, 15) is 14.4 Å². The summed E-state index contributed by atoms with van der Waals surface area (Å²) >= 11 is 1.22. The predicted octanol–water partition coefficient (Wildman–Crippen LogP) is 4.47. The number of methoxy groups -OCH3 is 2. The Bertz CT molecular complexity index is 1160. The molecular formula is C24H23NO7S. The third-order valence-corrected chi connectivity index (χ3v) is 5.58. The van der Waals surface area contributed by atoms with Crippen molar-refractivity contribution in [3.8, 4) is 5.75 Å². The zero-order chi connectivity index (χ0) is 23.8. The molecular weight excluding hydrogens is 446 g/mol. The van der Waals surface area contributed by atoms with E-state index in [1.165, 1.54) is 18.9 Å². The van der Waals surface area contributed by atoms with Gasteiger partial charge in [-0.25, -0.2) is 9.59 Å². The number of rotatable bonds is 9. The summed E-state index contributed by atoms with van der Waals surface area (Å²) in [6, 6.07) is 15.5. The lowest BCUT2D eigenvalue weighted by molar-refractivity contribution is -0.113. The van der Waals surface area contributed by atoms with Crippen LogP contribution in [0.15, 0.2) is 63.9 Å². The molecule has 0 unspecified atom stereocenters. The van der Waals surface area contributed by atoms with Crippen molar-refractivity contribution >= 4 is 35.3 Å². The topological polar surface area (TPSA) is 104 Å². The fourth-order valence-electron chi connectivity index (χ4n) is 2.93. The van der Waals surface area contributed by atoms with E-state index in [0.29, 0.717) is 33.2 Å². The van der Waals surface area contributed by atoms with Crippen molar-refractivity contribution in [3.63, 3.8) is 0 Å². The molecule has 0 atom stereocenters. The smallest absolute Gasteiger partial charge is 0.374 e. The van der Waals surface area contributed by atoms with Gasteiger partial charge in [-0.15, -0.1) is 11.8 Å². The minimum absolute atomic E-state index is 0.0709. The number of carbonyl (C=O) groups excluding carboxylic acids is 3. The van der Waals surface area contributed by atoms with Gasteiger partial charge in [0.05, 0.1) is 25.5 Å². The van der Waals surface area contributed by atoms with Crippen LogP contribution in [0.3, 0.4) is 0 Å². The molecule has 0 aliphatic rings. The van der Waals surface area contributed by atoms with E-state index >= 15 is 0 Å². The summed E-state index contributed by atoms with van der Waals surface area (Å²) in [6.45, 7) is 1.55. The maximum atomic E-state index is 12.6. The lowest BCUT2D eigenvalue weighted by atomic mass is 10.2. The van der Waals surface area contributed by atoms with E-state index in [0.717, 1.165) is 0 Å². The van der Waals surface area contributed by atoms with E-state index in [1.807, 2.05) is 0 Å². The van der Waals surface area contributed by atoms with Crippen LogP contribution in [0.4, 0.5) is 5.69 Å². The maximum absolute atomic E-state index is 12.6. The van der Waals surface area contributed by atoms with Gasteiger partial charge in [0.2, 0.25) is 11.7 Å². The Morgan fingerprint density at radius 3 is 2.55 bits per heavy atom. The van der Waals surface area contributed by atoms with E-state index in [-0.39, 0.29) is 24.0 Å². The highest BCUT2D eigenvalue weighted by Crippen LogP contribution is 2.25. The number of hydrogen-bond donors (Lipinski definition) is 1. The second kappa shape index (κ2) is 11.2. The Morgan fingerprint density at radius 2 is 1.79 bits per heavy atom. The Balaban J connectivity index is 1.59. The Morgan fingerprint density at radius 1 is 1.00 bits per heavy atom. The van der Waals surface area contributed by atoms with Gasteiger partial charge in [-0.2, -0.15) is 0 Å². The first-order chi connectivity index (χ1) is 15.9. The summed E-state index contributed by atoms with van der Waals surface area (Å²) in [4.78, 5) is 37.3. The summed E-state index contributed by atoms with van der Waals surface area (Å²) in [5.74, 6) is -0.261. The largest absolute Gasteiger partial charge is 0.497 e. The molecule has 0 aliphatic heterocycles. The van der Waals surface area contributed by atoms with E-state index in [4.69, 9.17) is 13.9 Å². The summed E-state index contributed by atoms with van der Waals surface area (Å²) in [5.41, 5.74) is 1.53. The molecule has 0 fully saturated rings. The second-order valence-corrected chi connectivity index (χ2v) is 7.87. The van der Waals surface area contributed by atoms with Crippen molar-refractivity contribution in [1.29, 1.82) is 0 Å². The first kappa shape index (κ1) is 23.9. The summed E-state index contributed by atoms with van der Waals surface area (Å²) in [5, 5.41) is 2.80. The number of thioether (sulfide) groups is 1. The summed E-state index contributed by atoms with van der Waals surface area (Å²) in [7, 11) is 2.81. The lowest BCUT2D eigenvalue weighted by Gasteiger charge is -2.10. The number of anilines is 1. The molecule has 172 valence electrons. The van der Waals surface area contributed by atoms with Crippen molar-refractivity contribution in [2.75, 3.05) is 25.3 Å². The first-order valence-corrected chi connectivity index (χ1v) is 10.9. The number of ether oxygens (including phenoxy) is 3. The fourth-order valence-corrected chi connectivity index (χ4v) is 3.77. The average molecular weight is 470 g/mol. The molecule has 0 radical (unpaired) electrons. The van der Waals surface area contributed by atoms with Crippen LogP contribution in [0, 0.1) is 6.92 Å².